The van der Waals surface area contributed by atoms with Gasteiger partial charge >= 0.3 is 0 Å². The van der Waals surface area contributed by atoms with E-state index in [1.165, 1.54) is 19.3 Å². The molecule has 0 saturated carbocycles. The molecule has 1 fully saturated rings. The summed E-state index contributed by atoms with van der Waals surface area (Å²) in [5.41, 5.74) is 5.56. The van der Waals surface area contributed by atoms with Crippen LogP contribution >= 0.6 is 0 Å². The first kappa shape index (κ1) is 11.9. The van der Waals surface area contributed by atoms with E-state index in [1.807, 2.05) is 0 Å². The molecule has 0 amide bonds. The Balaban J connectivity index is 1.92. The molecule has 1 rings (SSSR count). The summed E-state index contributed by atoms with van der Waals surface area (Å²) < 4.78 is 5.29. The van der Waals surface area contributed by atoms with Crippen LogP contribution in [0.3, 0.4) is 0 Å². The third kappa shape index (κ3) is 4.91. The molecule has 0 radical (unpaired) electrons. The second-order valence-corrected chi connectivity index (χ2v) is 3.99. The molecular weight excluding hydrogens is 180 g/mol. The molecule has 1 aliphatic heterocycles. The normalized spacial score (nSPS) is 21.0. The van der Waals surface area contributed by atoms with Crippen LogP contribution < -0.4 is 11.1 Å². The molecule has 4 nitrogen and oxygen atoms in total. The molecule has 0 aromatic carbocycles. The van der Waals surface area contributed by atoms with Gasteiger partial charge in [-0.25, -0.2) is 0 Å². The molecule has 0 aromatic rings. The molecular formula is C10H22N2O2. The van der Waals surface area contributed by atoms with Crippen LogP contribution in [-0.2, 0) is 4.74 Å². The van der Waals surface area contributed by atoms with Gasteiger partial charge in [0.1, 0.15) is 0 Å². The number of hydrogen-bond donors (Lipinski definition) is 3. The number of aliphatic hydroxyl groups excluding tert-OH is 1. The van der Waals surface area contributed by atoms with Gasteiger partial charge in [0.25, 0.3) is 0 Å². The molecule has 0 aromatic heterocycles. The average molecular weight is 202 g/mol. The standard InChI is InChI=1S/C10H22N2O2/c11-10(8-13)7-12-4-1-9-2-5-14-6-3-9/h9-10,12-13H,1-8,11H2. The summed E-state index contributed by atoms with van der Waals surface area (Å²) in [6.45, 7) is 3.60. The van der Waals surface area contributed by atoms with E-state index in [1.54, 1.807) is 0 Å². The van der Waals surface area contributed by atoms with Crippen LogP contribution in [0.15, 0.2) is 0 Å². The average Bonchev–Trinajstić information content (AvgIpc) is 2.25. The number of aliphatic hydroxyl groups is 1. The molecule has 0 aliphatic carbocycles. The van der Waals surface area contributed by atoms with Crippen LogP contribution in [0.1, 0.15) is 19.3 Å². The molecule has 1 heterocycles. The van der Waals surface area contributed by atoms with Gasteiger partial charge in [0, 0.05) is 25.8 Å². The van der Waals surface area contributed by atoms with Gasteiger partial charge in [0.05, 0.1) is 6.61 Å². The summed E-state index contributed by atoms with van der Waals surface area (Å²) in [5.74, 6) is 0.807. The van der Waals surface area contributed by atoms with Crippen molar-refractivity contribution >= 4 is 0 Å². The van der Waals surface area contributed by atoms with Crippen LogP contribution in [-0.4, -0.2) is 44.1 Å². The van der Waals surface area contributed by atoms with Crippen LogP contribution in [0.4, 0.5) is 0 Å². The Kier molecular flexibility index (Phi) is 6.10. The van der Waals surface area contributed by atoms with Crippen LogP contribution in [0.2, 0.25) is 0 Å². The van der Waals surface area contributed by atoms with Gasteiger partial charge in [-0.05, 0) is 31.7 Å². The lowest BCUT2D eigenvalue weighted by atomic mass is 9.97. The SMILES string of the molecule is NC(CO)CNCCC1CCOCC1. The number of ether oxygens (including phenoxy) is 1. The van der Waals surface area contributed by atoms with Crippen molar-refractivity contribution in [2.75, 3.05) is 32.9 Å². The first-order valence-electron chi connectivity index (χ1n) is 5.48. The molecule has 1 atom stereocenters. The summed E-state index contributed by atoms with van der Waals surface area (Å²) >= 11 is 0. The zero-order valence-corrected chi connectivity index (χ0v) is 8.74. The minimum Gasteiger partial charge on any atom is -0.395 e. The van der Waals surface area contributed by atoms with Crippen molar-refractivity contribution in [3.05, 3.63) is 0 Å². The van der Waals surface area contributed by atoms with Gasteiger partial charge in [0.15, 0.2) is 0 Å². The number of hydrogen-bond acceptors (Lipinski definition) is 4. The molecule has 0 bridgehead atoms. The molecule has 1 unspecified atom stereocenters. The van der Waals surface area contributed by atoms with Gasteiger partial charge in [-0.3, -0.25) is 0 Å². The minimum atomic E-state index is -0.121. The monoisotopic (exact) mass is 202 g/mol. The minimum absolute atomic E-state index is 0.0598. The molecule has 1 aliphatic rings. The van der Waals surface area contributed by atoms with Crippen molar-refractivity contribution in [2.24, 2.45) is 11.7 Å². The van der Waals surface area contributed by atoms with Crippen molar-refractivity contribution < 1.29 is 9.84 Å². The third-order valence-corrected chi connectivity index (χ3v) is 2.71. The lowest BCUT2D eigenvalue weighted by molar-refractivity contribution is 0.0639. The molecule has 0 spiro atoms. The lowest BCUT2D eigenvalue weighted by Crippen LogP contribution is -2.37. The number of nitrogens with two attached hydrogens (primary N) is 1. The van der Waals surface area contributed by atoms with Gasteiger partial charge < -0.3 is 20.9 Å². The van der Waals surface area contributed by atoms with Crippen molar-refractivity contribution in [1.29, 1.82) is 0 Å². The fourth-order valence-corrected chi connectivity index (χ4v) is 1.69. The van der Waals surface area contributed by atoms with E-state index in [0.29, 0.717) is 6.54 Å². The first-order valence-corrected chi connectivity index (χ1v) is 5.48. The highest BCUT2D eigenvalue weighted by atomic mass is 16.5. The quantitative estimate of drug-likeness (QED) is 0.518. The van der Waals surface area contributed by atoms with Crippen molar-refractivity contribution in [3.8, 4) is 0 Å². The fraction of sp³-hybridized carbons (Fsp3) is 1.00. The van der Waals surface area contributed by atoms with E-state index in [4.69, 9.17) is 15.6 Å². The number of rotatable bonds is 6. The van der Waals surface area contributed by atoms with E-state index in [-0.39, 0.29) is 12.6 Å². The second kappa shape index (κ2) is 7.17. The Labute approximate surface area is 85.8 Å². The molecule has 1 saturated heterocycles. The zero-order chi connectivity index (χ0) is 10.2. The fourth-order valence-electron chi connectivity index (χ4n) is 1.69. The molecule has 4 heteroatoms. The van der Waals surface area contributed by atoms with Gasteiger partial charge in [-0.1, -0.05) is 0 Å². The summed E-state index contributed by atoms with van der Waals surface area (Å²) in [6, 6.07) is -0.121. The predicted molar refractivity (Wildman–Crippen MR) is 56.1 cm³/mol. The van der Waals surface area contributed by atoms with E-state index in [0.717, 1.165) is 25.7 Å². The van der Waals surface area contributed by atoms with Crippen molar-refractivity contribution in [3.63, 3.8) is 0 Å². The highest BCUT2D eigenvalue weighted by Gasteiger charge is 2.12. The molecule has 14 heavy (non-hydrogen) atoms. The summed E-state index contributed by atoms with van der Waals surface area (Å²) in [5, 5.41) is 12.0. The summed E-state index contributed by atoms with van der Waals surface area (Å²) in [6.07, 6.45) is 3.57. The first-order chi connectivity index (χ1) is 6.83. The smallest absolute Gasteiger partial charge is 0.0594 e. The Hall–Kier alpha value is -0.160. The Bertz CT molecular complexity index is 138. The highest BCUT2D eigenvalue weighted by molar-refractivity contribution is 4.67. The van der Waals surface area contributed by atoms with E-state index in [9.17, 15) is 0 Å². The van der Waals surface area contributed by atoms with Crippen molar-refractivity contribution in [1.82, 2.24) is 5.32 Å². The molecule has 84 valence electrons. The van der Waals surface area contributed by atoms with E-state index >= 15 is 0 Å². The van der Waals surface area contributed by atoms with Crippen molar-refractivity contribution in [2.45, 2.75) is 25.3 Å². The largest absolute Gasteiger partial charge is 0.395 e. The third-order valence-electron chi connectivity index (χ3n) is 2.71. The Morgan fingerprint density at radius 3 is 2.79 bits per heavy atom. The number of nitrogens with one attached hydrogen (secondary N) is 1. The maximum Gasteiger partial charge on any atom is 0.0594 e. The Morgan fingerprint density at radius 1 is 1.43 bits per heavy atom. The van der Waals surface area contributed by atoms with Gasteiger partial charge in [0.2, 0.25) is 0 Å². The topological polar surface area (TPSA) is 67.5 Å². The maximum absolute atomic E-state index is 8.70. The summed E-state index contributed by atoms with van der Waals surface area (Å²) in [4.78, 5) is 0. The van der Waals surface area contributed by atoms with Crippen LogP contribution in [0.25, 0.3) is 0 Å². The van der Waals surface area contributed by atoms with Gasteiger partial charge in [-0.2, -0.15) is 0 Å². The predicted octanol–water partition coefficient (Wildman–Crippen LogP) is -0.288. The van der Waals surface area contributed by atoms with E-state index in [2.05, 4.69) is 5.32 Å². The Morgan fingerprint density at radius 2 is 2.14 bits per heavy atom. The maximum atomic E-state index is 8.70. The lowest BCUT2D eigenvalue weighted by Gasteiger charge is -2.22. The summed E-state index contributed by atoms with van der Waals surface area (Å²) in [7, 11) is 0. The van der Waals surface area contributed by atoms with Gasteiger partial charge in [-0.15, -0.1) is 0 Å². The molecule has 4 N–H and O–H groups in total. The van der Waals surface area contributed by atoms with E-state index < -0.39 is 0 Å². The highest BCUT2D eigenvalue weighted by Crippen LogP contribution is 2.17. The second-order valence-electron chi connectivity index (χ2n) is 3.99. The van der Waals surface area contributed by atoms with Crippen LogP contribution in [0, 0.1) is 5.92 Å². The zero-order valence-electron chi connectivity index (χ0n) is 8.74. The van der Waals surface area contributed by atoms with Crippen LogP contribution in [0.5, 0.6) is 0 Å².